The molecule has 0 radical (unpaired) electrons. The van der Waals surface area contributed by atoms with Gasteiger partial charge >= 0.3 is 5.97 Å². The number of rotatable bonds is 6. The molecule has 24 heavy (non-hydrogen) atoms. The van der Waals surface area contributed by atoms with E-state index < -0.39 is 5.97 Å². The van der Waals surface area contributed by atoms with Gasteiger partial charge in [-0.15, -0.1) is 0 Å². The third-order valence-corrected chi connectivity index (χ3v) is 4.24. The van der Waals surface area contributed by atoms with Gasteiger partial charge in [-0.25, -0.2) is 4.68 Å². The minimum Gasteiger partial charge on any atom is -0.480 e. The van der Waals surface area contributed by atoms with E-state index >= 15 is 0 Å². The maximum Gasteiger partial charge on any atom is 0.323 e. The monoisotopic (exact) mass is 327 g/mol. The number of para-hydroxylation sites is 1. The van der Waals surface area contributed by atoms with Gasteiger partial charge in [0.25, 0.3) is 5.91 Å². The van der Waals surface area contributed by atoms with Crippen LogP contribution in [0, 0.1) is 0 Å². The summed E-state index contributed by atoms with van der Waals surface area (Å²) in [6, 6.07) is 9.73. The number of benzene rings is 1. The van der Waals surface area contributed by atoms with E-state index in [0.29, 0.717) is 18.7 Å². The number of amides is 1. The molecule has 0 atom stereocenters. The van der Waals surface area contributed by atoms with Crippen molar-refractivity contribution in [3.8, 4) is 5.69 Å². The van der Waals surface area contributed by atoms with Crippen LogP contribution in [-0.2, 0) is 17.6 Å². The second-order valence-corrected chi connectivity index (χ2v) is 6.00. The fourth-order valence-corrected chi connectivity index (χ4v) is 3.23. The smallest absolute Gasteiger partial charge is 0.323 e. The van der Waals surface area contributed by atoms with Gasteiger partial charge < -0.3 is 10.0 Å². The van der Waals surface area contributed by atoms with Crippen LogP contribution in [0.3, 0.4) is 0 Å². The van der Waals surface area contributed by atoms with Crippen LogP contribution < -0.4 is 0 Å². The van der Waals surface area contributed by atoms with E-state index in [0.717, 1.165) is 36.2 Å². The summed E-state index contributed by atoms with van der Waals surface area (Å²) >= 11 is 0. The molecule has 1 N–H and O–H groups in total. The SMILES string of the molecule is CCCN(CC(=O)O)C(=O)c1nn(-c2ccccc2)c2c1CCC2. The molecule has 0 saturated heterocycles. The van der Waals surface area contributed by atoms with Gasteiger partial charge in [0.2, 0.25) is 0 Å². The van der Waals surface area contributed by atoms with Crippen molar-refractivity contribution in [2.75, 3.05) is 13.1 Å². The van der Waals surface area contributed by atoms with Gasteiger partial charge in [0.05, 0.1) is 5.69 Å². The van der Waals surface area contributed by atoms with Gasteiger partial charge in [0, 0.05) is 17.8 Å². The summed E-state index contributed by atoms with van der Waals surface area (Å²) < 4.78 is 1.83. The van der Waals surface area contributed by atoms with Crippen molar-refractivity contribution in [2.45, 2.75) is 32.6 Å². The van der Waals surface area contributed by atoms with Gasteiger partial charge in [-0.3, -0.25) is 9.59 Å². The molecule has 0 aliphatic heterocycles. The zero-order valence-electron chi connectivity index (χ0n) is 13.7. The van der Waals surface area contributed by atoms with Crippen LogP contribution in [0.15, 0.2) is 30.3 Å². The Morgan fingerprint density at radius 1 is 1.25 bits per heavy atom. The Bertz CT molecular complexity index is 752. The quantitative estimate of drug-likeness (QED) is 0.883. The van der Waals surface area contributed by atoms with Crippen molar-refractivity contribution in [3.63, 3.8) is 0 Å². The number of fused-ring (bicyclic) bond motifs is 1. The Morgan fingerprint density at radius 3 is 2.67 bits per heavy atom. The van der Waals surface area contributed by atoms with Crippen molar-refractivity contribution in [3.05, 3.63) is 47.3 Å². The van der Waals surface area contributed by atoms with Crippen molar-refractivity contribution >= 4 is 11.9 Å². The molecule has 1 amide bonds. The summed E-state index contributed by atoms with van der Waals surface area (Å²) in [5, 5.41) is 13.6. The lowest BCUT2D eigenvalue weighted by Gasteiger charge is -2.19. The van der Waals surface area contributed by atoms with E-state index in [1.54, 1.807) is 0 Å². The number of hydrogen-bond donors (Lipinski definition) is 1. The first-order valence-corrected chi connectivity index (χ1v) is 8.29. The fourth-order valence-electron chi connectivity index (χ4n) is 3.23. The molecule has 1 aliphatic carbocycles. The molecule has 0 bridgehead atoms. The second kappa shape index (κ2) is 6.86. The number of hydrogen-bond acceptors (Lipinski definition) is 3. The molecule has 3 rings (SSSR count). The molecule has 2 aromatic rings. The summed E-state index contributed by atoms with van der Waals surface area (Å²) in [4.78, 5) is 25.3. The summed E-state index contributed by atoms with van der Waals surface area (Å²) in [6.45, 7) is 2.05. The number of carbonyl (C=O) groups excluding carboxylic acids is 1. The Kier molecular flexibility index (Phi) is 4.64. The molecule has 0 unspecified atom stereocenters. The maximum absolute atomic E-state index is 12.9. The molecular weight excluding hydrogens is 306 g/mol. The predicted octanol–water partition coefficient (Wildman–Crippen LogP) is 2.30. The number of aromatic nitrogens is 2. The molecule has 1 aromatic carbocycles. The highest BCUT2D eigenvalue weighted by Crippen LogP contribution is 2.28. The molecule has 1 heterocycles. The molecule has 0 spiro atoms. The van der Waals surface area contributed by atoms with Crippen LogP contribution in [0.25, 0.3) is 5.69 Å². The van der Waals surface area contributed by atoms with Crippen molar-refractivity contribution in [1.82, 2.24) is 14.7 Å². The first-order chi connectivity index (χ1) is 11.6. The van der Waals surface area contributed by atoms with Gasteiger partial charge in [-0.2, -0.15) is 5.10 Å². The predicted molar refractivity (Wildman–Crippen MR) is 89.4 cm³/mol. The van der Waals surface area contributed by atoms with E-state index in [1.807, 2.05) is 41.9 Å². The van der Waals surface area contributed by atoms with E-state index in [2.05, 4.69) is 5.10 Å². The second-order valence-electron chi connectivity index (χ2n) is 6.00. The lowest BCUT2D eigenvalue weighted by atomic mass is 10.1. The first-order valence-electron chi connectivity index (χ1n) is 8.29. The lowest BCUT2D eigenvalue weighted by molar-refractivity contribution is -0.137. The normalized spacial score (nSPS) is 12.9. The number of carboxylic acids is 1. The van der Waals surface area contributed by atoms with E-state index in [9.17, 15) is 9.59 Å². The van der Waals surface area contributed by atoms with Crippen LogP contribution in [0.4, 0.5) is 0 Å². The minimum atomic E-state index is -1.00. The average Bonchev–Trinajstić information content (AvgIpc) is 3.16. The van der Waals surface area contributed by atoms with Gasteiger partial charge in [-0.05, 0) is 37.8 Å². The van der Waals surface area contributed by atoms with Crippen molar-refractivity contribution in [1.29, 1.82) is 0 Å². The maximum atomic E-state index is 12.9. The van der Waals surface area contributed by atoms with Crippen LogP contribution >= 0.6 is 0 Å². The number of carboxylic acid groups (broad SMARTS) is 1. The topological polar surface area (TPSA) is 75.4 Å². The summed E-state index contributed by atoms with van der Waals surface area (Å²) in [7, 11) is 0. The summed E-state index contributed by atoms with van der Waals surface area (Å²) in [5.74, 6) is -1.29. The van der Waals surface area contributed by atoms with Crippen LogP contribution in [0.1, 0.15) is 41.5 Å². The molecule has 0 fully saturated rings. The molecule has 6 nitrogen and oxygen atoms in total. The zero-order valence-corrected chi connectivity index (χ0v) is 13.7. The van der Waals surface area contributed by atoms with Crippen LogP contribution in [-0.4, -0.2) is 44.8 Å². The zero-order chi connectivity index (χ0) is 17.1. The first kappa shape index (κ1) is 16.2. The van der Waals surface area contributed by atoms with Gasteiger partial charge in [0.15, 0.2) is 5.69 Å². The molecule has 1 aliphatic rings. The molecule has 126 valence electrons. The van der Waals surface area contributed by atoms with Gasteiger partial charge in [0.1, 0.15) is 6.54 Å². The standard InChI is InChI=1S/C18H21N3O3/c1-2-11-20(12-16(22)23)18(24)17-14-9-6-10-15(14)21(19-17)13-7-4-3-5-8-13/h3-5,7-8H,2,6,9-12H2,1H3,(H,22,23). The minimum absolute atomic E-state index is 0.285. The highest BCUT2D eigenvalue weighted by atomic mass is 16.4. The Balaban J connectivity index is 1.99. The number of carbonyl (C=O) groups is 2. The van der Waals surface area contributed by atoms with Gasteiger partial charge in [-0.1, -0.05) is 25.1 Å². The highest BCUT2D eigenvalue weighted by molar-refractivity contribution is 5.96. The fraction of sp³-hybridized carbons (Fsp3) is 0.389. The number of aliphatic carboxylic acids is 1. The Hall–Kier alpha value is -2.63. The van der Waals surface area contributed by atoms with Crippen LogP contribution in [0.2, 0.25) is 0 Å². The summed E-state index contributed by atoms with van der Waals surface area (Å²) in [6.07, 6.45) is 3.40. The lowest BCUT2D eigenvalue weighted by Crippen LogP contribution is -2.37. The highest BCUT2D eigenvalue weighted by Gasteiger charge is 2.30. The van der Waals surface area contributed by atoms with Crippen molar-refractivity contribution in [2.24, 2.45) is 0 Å². The molecule has 1 aromatic heterocycles. The van der Waals surface area contributed by atoms with E-state index in [4.69, 9.17) is 5.11 Å². The Morgan fingerprint density at radius 2 is 2.00 bits per heavy atom. The molecular formula is C18H21N3O3. The van der Waals surface area contributed by atoms with E-state index in [-0.39, 0.29) is 12.5 Å². The largest absolute Gasteiger partial charge is 0.480 e. The third-order valence-electron chi connectivity index (χ3n) is 4.24. The van der Waals surface area contributed by atoms with Crippen LogP contribution in [0.5, 0.6) is 0 Å². The van der Waals surface area contributed by atoms with E-state index in [1.165, 1.54) is 4.90 Å². The molecule has 0 saturated carbocycles. The average molecular weight is 327 g/mol. The Labute approximate surface area is 140 Å². The number of nitrogens with zero attached hydrogens (tertiary/aromatic N) is 3. The summed E-state index contributed by atoms with van der Waals surface area (Å²) in [5.41, 5.74) is 3.36. The third kappa shape index (κ3) is 3.04. The van der Waals surface area contributed by atoms with Crippen molar-refractivity contribution < 1.29 is 14.7 Å². The molecule has 6 heteroatoms.